The number of rotatable bonds is 7. The number of aryl methyl sites for hydroxylation is 1. The van der Waals surface area contributed by atoms with Gasteiger partial charge in [-0.3, -0.25) is 4.90 Å². The van der Waals surface area contributed by atoms with Crippen LogP contribution >= 0.6 is 11.3 Å². The molecule has 2 fully saturated rings. The Balaban J connectivity index is 1.63. The highest BCUT2D eigenvalue weighted by atomic mass is 32.2. The molecule has 3 aromatic heterocycles. The summed E-state index contributed by atoms with van der Waals surface area (Å²) in [5.41, 5.74) is 4.11. The Morgan fingerprint density at radius 3 is 2.54 bits per heavy atom. The molecule has 2 aliphatic heterocycles. The number of ether oxygens (including phenoxy) is 1. The molecule has 11 heteroatoms. The van der Waals surface area contributed by atoms with Gasteiger partial charge < -0.3 is 9.64 Å². The van der Waals surface area contributed by atoms with Crippen molar-refractivity contribution in [3.8, 4) is 17.1 Å². The number of likely N-dealkylation sites (tertiary alicyclic amines) is 1. The second kappa shape index (κ2) is 10.8. The SMILES string of the molecule is COc1ncc(-c2nc(N3CCCCC3)nc3c(CN4CCC(F)CC4)c(C)sc23)cc1CS(C)(=O)=O. The summed E-state index contributed by atoms with van der Waals surface area (Å²) < 4.78 is 44.3. The molecule has 5 rings (SSSR count). The second-order valence-electron chi connectivity index (χ2n) is 10.1. The Hall–Kier alpha value is -2.37. The van der Waals surface area contributed by atoms with Crippen LogP contribution in [0.5, 0.6) is 5.88 Å². The molecule has 0 aliphatic carbocycles. The lowest BCUT2D eigenvalue weighted by atomic mass is 10.1. The minimum Gasteiger partial charge on any atom is -0.481 e. The Morgan fingerprint density at radius 1 is 1.14 bits per heavy atom. The lowest BCUT2D eigenvalue weighted by molar-refractivity contribution is 0.145. The number of sulfone groups is 1. The third-order valence-electron chi connectivity index (χ3n) is 7.17. The van der Waals surface area contributed by atoms with E-state index in [1.165, 1.54) is 24.7 Å². The number of thiophene rings is 1. The quantitative estimate of drug-likeness (QED) is 0.426. The average molecular weight is 548 g/mol. The highest BCUT2D eigenvalue weighted by Gasteiger charge is 2.25. The summed E-state index contributed by atoms with van der Waals surface area (Å²) in [6.45, 7) is 6.14. The second-order valence-corrected chi connectivity index (χ2v) is 13.5. The van der Waals surface area contributed by atoms with E-state index in [1.807, 2.05) is 6.07 Å². The molecule has 200 valence electrons. The fourth-order valence-corrected chi connectivity index (χ4v) is 7.11. The number of fused-ring (bicyclic) bond motifs is 1. The number of methoxy groups -OCH3 is 1. The Bertz CT molecular complexity index is 1380. The zero-order valence-electron chi connectivity index (χ0n) is 21.7. The minimum atomic E-state index is -3.29. The van der Waals surface area contributed by atoms with Crippen LogP contribution in [0.3, 0.4) is 0 Å². The van der Waals surface area contributed by atoms with Crippen molar-refractivity contribution in [1.29, 1.82) is 0 Å². The molecule has 5 heterocycles. The molecular formula is C26H34FN5O3S2. The van der Waals surface area contributed by atoms with Gasteiger partial charge in [0, 0.05) is 66.7 Å². The van der Waals surface area contributed by atoms with Crippen molar-refractivity contribution in [2.75, 3.05) is 44.4 Å². The first-order valence-electron chi connectivity index (χ1n) is 12.8. The van der Waals surface area contributed by atoms with Gasteiger partial charge in [-0.05, 0) is 45.1 Å². The van der Waals surface area contributed by atoms with Gasteiger partial charge in [-0.15, -0.1) is 11.3 Å². The fourth-order valence-electron chi connectivity index (χ4n) is 5.22. The molecule has 0 spiro atoms. The number of anilines is 1. The van der Waals surface area contributed by atoms with Gasteiger partial charge in [-0.1, -0.05) is 0 Å². The maximum Gasteiger partial charge on any atom is 0.226 e. The minimum absolute atomic E-state index is 0.163. The van der Waals surface area contributed by atoms with Gasteiger partial charge in [0.05, 0.1) is 28.8 Å². The summed E-state index contributed by atoms with van der Waals surface area (Å²) in [6.07, 6.45) is 6.75. The number of hydrogen-bond donors (Lipinski definition) is 0. The Kier molecular flexibility index (Phi) is 7.65. The zero-order chi connectivity index (χ0) is 26.2. The summed E-state index contributed by atoms with van der Waals surface area (Å²) in [5.74, 6) is 0.836. The summed E-state index contributed by atoms with van der Waals surface area (Å²) in [6, 6.07) is 1.83. The molecule has 0 radical (unpaired) electrons. The largest absolute Gasteiger partial charge is 0.481 e. The van der Waals surface area contributed by atoms with Crippen molar-refractivity contribution in [3.63, 3.8) is 0 Å². The van der Waals surface area contributed by atoms with E-state index in [4.69, 9.17) is 14.7 Å². The van der Waals surface area contributed by atoms with Crippen LogP contribution in [-0.4, -0.2) is 74.0 Å². The van der Waals surface area contributed by atoms with Crippen LogP contribution in [0.2, 0.25) is 0 Å². The number of pyridine rings is 1. The molecule has 0 unspecified atom stereocenters. The van der Waals surface area contributed by atoms with Crippen molar-refractivity contribution < 1.29 is 17.5 Å². The molecule has 0 bridgehead atoms. The van der Waals surface area contributed by atoms with E-state index < -0.39 is 16.0 Å². The zero-order valence-corrected chi connectivity index (χ0v) is 23.3. The third-order valence-corrected chi connectivity index (χ3v) is 9.15. The molecule has 0 N–H and O–H groups in total. The summed E-state index contributed by atoms with van der Waals surface area (Å²) >= 11 is 1.65. The topological polar surface area (TPSA) is 88.5 Å². The molecule has 3 aromatic rings. The van der Waals surface area contributed by atoms with Crippen LogP contribution in [0, 0.1) is 6.92 Å². The van der Waals surface area contributed by atoms with Gasteiger partial charge in [-0.25, -0.2) is 27.8 Å². The first kappa shape index (κ1) is 26.2. The number of aromatic nitrogens is 3. The summed E-state index contributed by atoms with van der Waals surface area (Å²) in [7, 11) is -1.80. The Morgan fingerprint density at radius 2 is 1.86 bits per heavy atom. The highest BCUT2D eigenvalue weighted by Crippen LogP contribution is 2.39. The lowest BCUT2D eigenvalue weighted by Crippen LogP contribution is -2.34. The summed E-state index contributed by atoms with van der Waals surface area (Å²) in [5, 5.41) is 0. The van der Waals surface area contributed by atoms with E-state index in [0.29, 0.717) is 30.2 Å². The van der Waals surface area contributed by atoms with Gasteiger partial charge in [0.15, 0.2) is 9.84 Å². The van der Waals surface area contributed by atoms with Crippen molar-refractivity contribution in [3.05, 3.63) is 28.3 Å². The van der Waals surface area contributed by atoms with Gasteiger partial charge in [0.25, 0.3) is 0 Å². The predicted octanol–water partition coefficient (Wildman–Crippen LogP) is 4.54. The maximum absolute atomic E-state index is 13.8. The lowest BCUT2D eigenvalue weighted by Gasteiger charge is -2.29. The standard InChI is InChI=1S/C26H34FN5O3S2/c1-17-21(15-31-11-7-20(27)8-12-31)23-24(36-17)22(29-26(30-23)32-9-5-4-6-10-32)18-13-19(16-37(3,33)34)25(35-2)28-14-18/h13-14,20H,4-12,15-16H2,1-3H3. The number of piperidine rings is 2. The monoisotopic (exact) mass is 547 g/mol. The predicted molar refractivity (Wildman–Crippen MR) is 146 cm³/mol. The molecular weight excluding hydrogens is 513 g/mol. The number of halogens is 1. The number of alkyl halides is 1. The summed E-state index contributed by atoms with van der Waals surface area (Å²) in [4.78, 5) is 20.3. The van der Waals surface area contributed by atoms with Crippen LogP contribution in [0.25, 0.3) is 21.5 Å². The maximum atomic E-state index is 13.8. The molecule has 0 atom stereocenters. The van der Waals surface area contributed by atoms with Crippen LogP contribution in [0.1, 0.15) is 48.1 Å². The Labute approximate surface area is 221 Å². The molecule has 8 nitrogen and oxygen atoms in total. The van der Waals surface area contributed by atoms with Crippen LogP contribution < -0.4 is 9.64 Å². The van der Waals surface area contributed by atoms with Gasteiger partial charge in [0.1, 0.15) is 6.17 Å². The van der Waals surface area contributed by atoms with Crippen molar-refractivity contribution in [2.45, 2.75) is 57.5 Å². The van der Waals surface area contributed by atoms with E-state index in [9.17, 15) is 12.8 Å². The molecule has 0 amide bonds. The first-order valence-corrected chi connectivity index (χ1v) is 15.7. The smallest absolute Gasteiger partial charge is 0.226 e. The van der Waals surface area contributed by atoms with Crippen molar-refractivity contribution >= 4 is 37.3 Å². The third kappa shape index (κ3) is 5.88. The van der Waals surface area contributed by atoms with Crippen LogP contribution in [-0.2, 0) is 22.1 Å². The van der Waals surface area contributed by atoms with Crippen molar-refractivity contribution in [2.24, 2.45) is 0 Å². The average Bonchev–Trinajstić information content (AvgIpc) is 3.19. The van der Waals surface area contributed by atoms with Crippen molar-refractivity contribution in [1.82, 2.24) is 19.9 Å². The van der Waals surface area contributed by atoms with E-state index in [2.05, 4.69) is 21.7 Å². The molecule has 0 aromatic carbocycles. The van der Waals surface area contributed by atoms with Gasteiger partial charge >= 0.3 is 0 Å². The molecule has 37 heavy (non-hydrogen) atoms. The highest BCUT2D eigenvalue weighted by molar-refractivity contribution is 7.89. The van der Waals surface area contributed by atoms with Gasteiger partial charge in [-0.2, -0.15) is 0 Å². The van der Waals surface area contributed by atoms with Gasteiger partial charge in [0.2, 0.25) is 11.8 Å². The number of hydrogen-bond acceptors (Lipinski definition) is 9. The van der Waals surface area contributed by atoms with Crippen LogP contribution in [0.4, 0.5) is 10.3 Å². The van der Waals surface area contributed by atoms with E-state index >= 15 is 0 Å². The number of nitrogens with zero attached hydrogens (tertiary/aromatic N) is 5. The first-order chi connectivity index (χ1) is 17.7. The van der Waals surface area contributed by atoms with Crippen LogP contribution in [0.15, 0.2) is 12.3 Å². The molecule has 2 saturated heterocycles. The molecule has 0 saturated carbocycles. The van der Waals surface area contributed by atoms with E-state index in [-0.39, 0.29) is 5.75 Å². The van der Waals surface area contributed by atoms with E-state index in [1.54, 1.807) is 17.5 Å². The normalized spacial score (nSPS) is 18.0. The molecule has 2 aliphatic rings. The fraction of sp³-hybridized carbons (Fsp3) is 0.577. The van der Waals surface area contributed by atoms with E-state index in [0.717, 1.165) is 72.6 Å².